The molecule has 144 valence electrons. The standard InChI is InChI=1S/C20H20FN5O2/c1-10-7-17(13-5-6-16(21)14(8-13)18(22)27)25-19-15(9-23-26(10)19)20(28)24-11(2)12-3-4-12/h5-9,11-12H,3-4H2,1-2H3,(H2,22,27)(H,24,28)/t11-/m0/s1. The van der Waals surface area contributed by atoms with Crippen molar-refractivity contribution in [1.29, 1.82) is 0 Å². The van der Waals surface area contributed by atoms with Crippen molar-refractivity contribution in [2.45, 2.75) is 32.7 Å². The number of carbonyl (C=O) groups excluding carboxylic acids is 2. The van der Waals surface area contributed by atoms with Crippen LogP contribution in [-0.2, 0) is 0 Å². The van der Waals surface area contributed by atoms with E-state index in [-0.39, 0.29) is 17.5 Å². The van der Waals surface area contributed by atoms with E-state index < -0.39 is 11.7 Å². The summed E-state index contributed by atoms with van der Waals surface area (Å²) in [5, 5.41) is 7.26. The van der Waals surface area contributed by atoms with Crippen molar-refractivity contribution in [3.63, 3.8) is 0 Å². The number of primary amides is 1. The second kappa shape index (κ2) is 6.70. The monoisotopic (exact) mass is 381 g/mol. The average molecular weight is 381 g/mol. The van der Waals surface area contributed by atoms with Crippen molar-refractivity contribution in [2.24, 2.45) is 11.7 Å². The SMILES string of the molecule is Cc1cc(-c2ccc(F)c(C(N)=O)c2)nc2c(C(=O)N[C@@H](C)C3CC3)cnn12. The number of hydrogen-bond donors (Lipinski definition) is 2. The van der Waals surface area contributed by atoms with Crippen LogP contribution < -0.4 is 11.1 Å². The lowest BCUT2D eigenvalue weighted by atomic mass is 10.1. The summed E-state index contributed by atoms with van der Waals surface area (Å²) in [7, 11) is 0. The largest absolute Gasteiger partial charge is 0.366 e. The number of nitrogens with one attached hydrogen (secondary N) is 1. The fraction of sp³-hybridized carbons (Fsp3) is 0.300. The molecule has 0 radical (unpaired) electrons. The molecule has 3 aromatic rings. The van der Waals surface area contributed by atoms with Gasteiger partial charge in [-0.3, -0.25) is 9.59 Å². The number of amides is 2. The first-order valence-corrected chi connectivity index (χ1v) is 9.11. The lowest BCUT2D eigenvalue weighted by Crippen LogP contribution is -2.34. The first-order valence-electron chi connectivity index (χ1n) is 9.11. The molecule has 1 aromatic carbocycles. The van der Waals surface area contributed by atoms with Gasteiger partial charge in [0.05, 0.1) is 17.5 Å². The smallest absolute Gasteiger partial charge is 0.256 e. The Morgan fingerprint density at radius 2 is 2.04 bits per heavy atom. The highest BCUT2D eigenvalue weighted by Crippen LogP contribution is 2.32. The molecule has 2 aromatic heterocycles. The maximum absolute atomic E-state index is 13.8. The molecular formula is C20H20FN5O2. The van der Waals surface area contributed by atoms with Crippen molar-refractivity contribution in [1.82, 2.24) is 19.9 Å². The summed E-state index contributed by atoms with van der Waals surface area (Å²) in [6.07, 6.45) is 3.75. The Bertz CT molecular complexity index is 1100. The predicted octanol–water partition coefficient (Wildman–Crippen LogP) is 2.47. The van der Waals surface area contributed by atoms with Crippen LogP contribution in [-0.4, -0.2) is 32.5 Å². The summed E-state index contributed by atoms with van der Waals surface area (Å²) >= 11 is 0. The average Bonchev–Trinajstić information content (AvgIpc) is 3.41. The highest BCUT2D eigenvalue weighted by molar-refractivity contribution is 6.00. The number of nitrogens with two attached hydrogens (primary N) is 1. The number of nitrogens with zero attached hydrogens (tertiary/aromatic N) is 3. The molecule has 1 saturated carbocycles. The van der Waals surface area contributed by atoms with E-state index in [1.165, 1.54) is 24.4 Å². The van der Waals surface area contributed by atoms with Crippen LogP contribution in [0.3, 0.4) is 0 Å². The molecule has 28 heavy (non-hydrogen) atoms. The van der Waals surface area contributed by atoms with E-state index in [2.05, 4.69) is 15.4 Å². The van der Waals surface area contributed by atoms with Crippen LogP contribution in [0.5, 0.6) is 0 Å². The highest BCUT2D eigenvalue weighted by atomic mass is 19.1. The molecule has 0 bridgehead atoms. The van der Waals surface area contributed by atoms with Crippen LogP contribution in [0.2, 0.25) is 0 Å². The molecule has 2 amide bonds. The van der Waals surface area contributed by atoms with Crippen LogP contribution in [0, 0.1) is 18.7 Å². The maximum Gasteiger partial charge on any atom is 0.256 e. The summed E-state index contributed by atoms with van der Waals surface area (Å²) < 4.78 is 15.4. The Balaban J connectivity index is 1.76. The van der Waals surface area contributed by atoms with Gasteiger partial charge >= 0.3 is 0 Å². The molecule has 7 nitrogen and oxygen atoms in total. The lowest BCUT2D eigenvalue weighted by Gasteiger charge is -2.12. The molecule has 1 atom stereocenters. The predicted molar refractivity (Wildman–Crippen MR) is 101 cm³/mol. The van der Waals surface area contributed by atoms with Crippen molar-refractivity contribution >= 4 is 17.5 Å². The van der Waals surface area contributed by atoms with Gasteiger partial charge in [-0.15, -0.1) is 0 Å². The van der Waals surface area contributed by atoms with Crippen molar-refractivity contribution in [2.75, 3.05) is 0 Å². The zero-order chi connectivity index (χ0) is 20.0. The first kappa shape index (κ1) is 18.1. The summed E-state index contributed by atoms with van der Waals surface area (Å²) in [5.74, 6) is -1.24. The maximum atomic E-state index is 13.8. The normalized spacial score (nSPS) is 14.8. The van der Waals surface area contributed by atoms with E-state index in [9.17, 15) is 14.0 Å². The zero-order valence-corrected chi connectivity index (χ0v) is 15.6. The Morgan fingerprint density at radius 3 is 2.71 bits per heavy atom. The van der Waals surface area contributed by atoms with E-state index in [1.54, 1.807) is 10.6 Å². The minimum absolute atomic E-state index is 0.0990. The van der Waals surface area contributed by atoms with E-state index in [4.69, 9.17) is 5.73 Å². The third-order valence-corrected chi connectivity index (χ3v) is 5.11. The van der Waals surface area contributed by atoms with Gasteiger partial charge in [-0.1, -0.05) is 0 Å². The molecule has 0 spiro atoms. The molecular weight excluding hydrogens is 361 g/mol. The van der Waals surface area contributed by atoms with Gasteiger partial charge in [0.2, 0.25) is 0 Å². The van der Waals surface area contributed by atoms with Crippen LogP contribution in [0.4, 0.5) is 4.39 Å². The molecule has 0 saturated heterocycles. The second-order valence-corrected chi connectivity index (χ2v) is 7.23. The van der Waals surface area contributed by atoms with E-state index in [1.807, 2.05) is 13.8 Å². The number of aryl methyl sites for hydroxylation is 1. The molecule has 1 aliphatic carbocycles. The van der Waals surface area contributed by atoms with Gasteiger partial charge in [-0.2, -0.15) is 5.10 Å². The quantitative estimate of drug-likeness (QED) is 0.709. The van der Waals surface area contributed by atoms with Gasteiger partial charge in [0.15, 0.2) is 5.65 Å². The Labute approximate surface area is 160 Å². The summed E-state index contributed by atoms with van der Waals surface area (Å²) in [4.78, 5) is 28.7. The molecule has 8 heteroatoms. The fourth-order valence-electron chi connectivity index (χ4n) is 3.29. The number of aromatic nitrogens is 3. The lowest BCUT2D eigenvalue weighted by molar-refractivity contribution is 0.0936. The van der Waals surface area contributed by atoms with Crippen molar-refractivity contribution in [3.05, 3.63) is 53.1 Å². The number of rotatable bonds is 5. The minimum Gasteiger partial charge on any atom is -0.366 e. The van der Waals surface area contributed by atoms with Crippen molar-refractivity contribution < 1.29 is 14.0 Å². The number of halogens is 1. The van der Waals surface area contributed by atoms with Crippen LogP contribution in [0.15, 0.2) is 30.5 Å². The Kier molecular flexibility index (Phi) is 4.33. The van der Waals surface area contributed by atoms with Gasteiger partial charge in [0.25, 0.3) is 11.8 Å². The first-order chi connectivity index (χ1) is 13.3. The number of carbonyl (C=O) groups is 2. The topological polar surface area (TPSA) is 102 Å². The fourth-order valence-corrected chi connectivity index (χ4v) is 3.29. The van der Waals surface area contributed by atoms with Gasteiger partial charge in [0.1, 0.15) is 11.4 Å². The molecule has 1 aliphatic rings. The van der Waals surface area contributed by atoms with Crippen molar-refractivity contribution in [3.8, 4) is 11.3 Å². The molecule has 3 N–H and O–H groups in total. The summed E-state index contributed by atoms with van der Waals surface area (Å²) in [6, 6.07) is 5.92. The van der Waals surface area contributed by atoms with Gasteiger partial charge in [0, 0.05) is 17.3 Å². The second-order valence-electron chi connectivity index (χ2n) is 7.23. The van der Waals surface area contributed by atoms with E-state index in [0.717, 1.165) is 18.5 Å². The Hall–Kier alpha value is -3.29. The van der Waals surface area contributed by atoms with E-state index in [0.29, 0.717) is 28.4 Å². The Morgan fingerprint density at radius 1 is 1.29 bits per heavy atom. The minimum atomic E-state index is -0.851. The van der Waals surface area contributed by atoms with Gasteiger partial charge in [-0.05, 0) is 56.9 Å². The van der Waals surface area contributed by atoms with E-state index >= 15 is 0 Å². The third kappa shape index (κ3) is 3.21. The highest BCUT2D eigenvalue weighted by Gasteiger charge is 2.30. The molecule has 0 unspecified atom stereocenters. The van der Waals surface area contributed by atoms with Crippen LogP contribution in [0.1, 0.15) is 46.2 Å². The van der Waals surface area contributed by atoms with Crippen LogP contribution >= 0.6 is 0 Å². The zero-order valence-electron chi connectivity index (χ0n) is 15.6. The summed E-state index contributed by atoms with van der Waals surface area (Å²) in [6.45, 7) is 3.83. The molecule has 4 rings (SSSR count). The van der Waals surface area contributed by atoms with Gasteiger partial charge < -0.3 is 11.1 Å². The number of hydrogen-bond acceptors (Lipinski definition) is 4. The summed E-state index contributed by atoms with van der Waals surface area (Å²) in [5.41, 5.74) is 7.58. The van der Waals surface area contributed by atoms with Crippen LogP contribution in [0.25, 0.3) is 16.9 Å². The third-order valence-electron chi connectivity index (χ3n) is 5.11. The number of fused-ring (bicyclic) bond motifs is 1. The molecule has 0 aliphatic heterocycles. The molecule has 2 heterocycles. The number of benzene rings is 1. The molecule has 1 fully saturated rings. The van der Waals surface area contributed by atoms with Gasteiger partial charge in [-0.25, -0.2) is 13.9 Å².